The molecule has 2 aromatic carbocycles. The highest BCUT2D eigenvalue weighted by atomic mass is 79.9. The molecular weight excluding hydrogens is 488 g/mol. The number of fused-ring (bicyclic) bond motifs is 1. The summed E-state index contributed by atoms with van der Waals surface area (Å²) in [6.07, 6.45) is 2.16. The molecule has 0 radical (unpaired) electrons. The van der Waals surface area contributed by atoms with Crippen LogP contribution < -0.4 is 0 Å². The standard InChI is InChI=1S/C23H21BrN6OS/c1-3-29-13-18(17-7-5-6-8-19(17)29)22-26-27-23(30(22)4-2)32-14-20-25-21(28-31-20)15-9-11-16(24)12-10-15/h5-13H,3-4,14H2,1-2H3. The molecule has 0 aliphatic carbocycles. The molecule has 0 amide bonds. The third-order valence-electron chi connectivity index (χ3n) is 5.30. The monoisotopic (exact) mass is 508 g/mol. The minimum atomic E-state index is 0.526. The van der Waals surface area contributed by atoms with E-state index in [1.807, 2.05) is 24.3 Å². The smallest absolute Gasteiger partial charge is 0.237 e. The van der Waals surface area contributed by atoms with E-state index in [1.165, 1.54) is 10.9 Å². The van der Waals surface area contributed by atoms with Crippen molar-refractivity contribution < 1.29 is 4.52 Å². The lowest BCUT2D eigenvalue weighted by molar-refractivity contribution is 0.391. The fourth-order valence-corrected chi connectivity index (χ4v) is 4.83. The average molecular weight is 509 g/mol. The molecule has 3 aromatic heterocycles. The van der Waals surface area contributed by atoms with Crippen LogP contribution in [0.25, 0.3) is 33.7 Å². The number of aryl methyl sites for hydroxylation is 1. The summed E-state index contributed by atoms with van der Waals surface area (Å²) in [4.78, 5) is 4.53. The fourth-order valence-electron chi connectivity index (χ4n) is 3.72. The highest BCUT2D eigenvalue weighted by molar-refractivity contribution is 9.10. The van der Waals surface area contributed by atoms with E-state index in [9.17, 15) is 0 Å². The van der Waals surface area contributed by atoms with Crippen molar-refractivity contribution >= 4 is 38.6 Å². The number of halogens is 1. The first-order valence-corrected chi connectivity index (χ1v) is 12.2. The van der Waals surface area contributed by atoms with Gasteiger partial charge < -0.3 is 13.7 Å². The summed E-state index contributed by atoms with van der Waals surface area (Å²) in [5.74, 6) is 2.54. The molecule has 0 aliphatic rings. The lowest BCUT2D eigenvalue weighted by atomic mass is 10.1. The molecule has 0 spiro atoms. The summed E-state index contributed by atoms with van der Waals surface area (Å²) < 4.78 is 10.9. The lowest BCUT2D eigenvalue weighted by Crippen LogP contribution is -2.00. The van der Waals surface area contributed by atoms with Crippen LogP contribution >= 0.6 is 27.7 Å². The maximum Gasteiger partial charge on any atom is 0.237 e. The van der Waals surface area contributed by atoms with Gasteiger partial charge in [-0.2, -0.15) is 4.98 Å². The van der Waals surface area contributed by atoms with E-state index in [-0.39, 0.29) is 0 Å². The van der Waals surface area contributed by atoms with E-state index in [0.717, 1.165) is 39.7 Å². The van der Waals surface area contributed by atoms with E-state index >= 15 is 0 Å². The Morgan fingerprint density at radius 3 is 2.59 bits per heavy atom. The van der Waals surface area contributed by atoms with E-state index in [1.54, 1.807) is 11.8 Å². The molecule has 0 atom stereocenters. The number of hydrogen-bond acceptors (Lipinski definition) is 6. The van der Waals surface area contributed by atoms with E-state index in [0.29, 0.717) is 17.5 Å². The molecule has 0 bridgehead atoms. The maximum atomic E-state index is 5.46. The third kappa shape index (κ3) is 3.86. The topological polar surface area (TPSA) is 74.6 Å². The summed E-state index contributed by atoms with van der Waals surface area (Å²) in [5.41, 5.74) is 3.22. The number of rotatable bonds is 7. The molecule has 0 saturated heterocycles. The largest absolute Gasteiger partial charge is 0.347 e. The Kier molecular flexibility index (Phi) is 5.84. The highest BCUT2D eigenvalue weighted by Gasteiger charge is 2.19. The van der Waals surface area contributed by atoms with Gasteiger partial charge in [0.2, 0.25) is 11.7 Å². The van der Waals surface area contributed by atoms with Gasteiger partial charge in [-0.3, -0.25) is 0 Å². The second-order valence-corrected chi connectivity index (χ2v) is 9.06. The van der Waals surface area contributed by atoms with Gasteiger partial charge in [0.05, 0.1) is 5.75 Å². The second-order valence-electron chi connectivity index (χ2n) is 7.20. The average Bonchev–Trinajstić information content (AvgIpc) is 3.54. The highest BCUT2D eigenvalue weighted by Crippen LogP contribution is 2.32. The first kappa shape index (κ1) is 21.0. The molecule has 0 unspecified atom stereocenters. The van der Waals surface area contributed by atoms with Crippen molar-refractivity contribution in [3.8, 4) is 22.8 Å². The van der Waals surface area contributed by atoms with Crippen LogP contribution in [0.2, 0.25) is 0 Å². The molecule has 0 saturated carbocycles. The third-order valence-corrected chi connectivity index (χ3v) is 6.78. The Balaban J connectivity index is 1.40. The molecule has 5 rings (SSSR count). The molecule has 0 N–H and O–H groups in total. The second kappa shape index (κ2) is 8.91. The van der Waals surface area contributed by atoms with Crippen LogP contribution in [-0.2, 0) is 18.8 Å². The first-order valence-electron chi connectivity index (χ1n) is 10.4. The normalized spacial score (nSPS) is 11.5. The molecular formula is C23H21BrN6OS. The van der Waals surface area contributed by atoms with Gasteiger partial charge >= 0.3 is 0 Å². The number of aromatic nitrogens is 6. The van der Waals surface area contributed by atoms with Crippen molar-refractivity contribution in [1.82, 2.24) is 29.5 Å². The van der Waals surface area contributed by atoms with Crippen molar-refractivity contribution in [3.05, 3.63) is 65.1 Å². The quantitative estimate of drug-likeness (QED) is 0.249. The summed E-state index contributed by atoms with van der Waals surface area (Å²) in [5, 5.41) is 15.1. The summed E-state index contributed by atoms with van der Waals surface area (Å²) in [6, 6.07) is 16.2. The number of nitrogens with zero attached hydrogens (tertiary/aromatic N) is 6. The zero-order valence-electron chi connectivity index (χ0n) is 17.7. The molecule has 0 aliphatic heterocycles. The number of thioether (sulfide) groups is 1. The van der Waals surface area contributed by atoms with E-state index < -0.39 is 0 Å². The number of benzene rings is 2. The Morgan fingerprint density at radius 2 is 1.81 bits per heavy atom. The van der Waals surface area contributed by atoms with Crippen LogP contribution in [-0.4, -0.2) is 29.5 Å². The number of hydrogen-bond donors (Lipinski definition) is 0. The molecule has 5 aromatic rings. The fraction of sp³-hybridized carbons (Fsp3) is 0.217. The van der Waals surface area contributed by atoms with Crippen molar-refractivity contribution in [3.63, 3.8) is 0 Å². The number of para-hydroxylation sites is 1. The van der Waals surface area contributed by atoms with E-state index in [4.69, 9.17) is 4.52 Å². The van der Waals surface area contributed by atoms with Crippen molar-refractivity contribution in [2.45, 2.75) is 37.8 Å². The van der Waals surface area contributed by atoms with Gasteiger partial charge in [-0.05, 0) is 44.2 Å². The van der Waals surface area contributed by atoms with Crippen molar-refractivity contribution in [2.24, 2.45) is 0 Å². The Labute approximate surface area is 198 Å². The maximum absolute atomic E-state index is 5.46. The SMILES string of the molecule is CCn1c(SCc2nc(-c3ccc(Br)cc3)no2)nnc1-c1cn(CC)c2ccccc12. The summed E-state index contributed by atoms with van der Waals surface area (Å²) in [7, 11) is 0. The van der Waals surface area contributed by atoms with Crippen LogP contribution in [0.4, 0.5) is 0 Å². The summed E-state index contributed by atoms with van der Waals surface area (Å²) in [6.45, 7) is 5.92. The Morgan fingerprint density at radius 1 is 1.00 bits per heavy atom. The van der Waals surface area contributed by atoms with Gasteiger partial charge in [0.1, 0.15) is 0 Å². The zero-order chi connectivity index (χ0) is 22.1. The van der Waals surface area contributed by atoms with Crippen molar-refractivity contribution in [1.29, 1.82) is 0 Å². The minimum absolute atomic E-state index is 0.526. The van der Waals surface area contributed by atoms with Gasteiger partial charge in [-0.1, -0.05) is 51.0 Å². The summed E-state index contributed by atoms with van der Waals surface area (Å²) >= 11 is 4.99. The van der Waals surface area contributed by atoms with E-state index in [2.05, 4.69) is 89.7 Å². The molecule has 0 fully saturated rings. The van der Waals surface area contributed by atoms with Crippen LogP contribution in [0.15, 0.2) is 68.9 Å². The minimum Gasteiger partial charge on any atom is -0.347 e. The van der Waals surface area contributed by atoms with Crippen LogP contribution in [0, 0.1) is 0 Å². The van der Waals surface area contributed by atoms with Gasteiger partial charge in [0, 0.05) is 45.8 Å². The lowest BCUT2D eigenvalue weighted by Gasteiger charge is -2.05. The van der Waals surface area contributed by atoms with Crippen LogP contribution in [0.5, 0.6) is 0 Å². The van der Waals surface area contributed by atoms with Gasteiger partial charge in [-0.25, -0.2) is 0 Å². The Bertz CT molecular complexity index is 1370. The predicted octanol–water partition coefficient (Wildman–Crippen LogP) is 6.04. The zero-order valence-corrected chi connectivity index (χ0v) is 20.1. The van der Waals surface area contributed by atoms with Gasteiger partial charge in [0.25, 0.3) is 0 Å². The van der Waals surface area contributed by atoms with Crippen LogP contribution in [0.3, 0.4) is 0 Å². The van der Waals surface area contributed by atoms with Crippen LogP contribution in [0.1, 0.15) is 19.7 Å². The molecule has 32 heavy (non-hydrogen) atoms. The van der Waals surface area contributed by atoms with Crippen molar-refractivity contribution in [2.75, 3.05) is 0 Å². The molecule has 162 valence electrons. The molecule has 9 heteroatoms. The first-order chi connectivity index (χ1) is 15.7. The predicted molar refractivity (Wildman–Crippen MR) is 129 cm³/mol. The van der Waals surface area contributed by atoms with Gasteiger partial charge in [0.15, 0.2) is 11.0 Å². The molecule has 3 heterocycles. The Hall–Kier alpha value is -2.91. The van der Waals surface area contributed by atoms with Gasteiger partial charge in [-0.15, -0.1) is 10.2 Å². The molecule has 7 nitrogen and oxygen atoms in total.